The second-order valence-electron chi connectivity index (χ2n) is 6.12. The zero-order valence-corrected chi connectivity index (χ0v) is 15.9. The van der Waals surface area contributed by atoms with E-state index in [-0.39, 0.29) is 18.4 Å². The molecule has 7 heteroatoms. The van der Waals surface area contributed by atoms with Crippen molar-refractivity contribution >= 4 is 17.5 Å². The van der Waals surface area contributed by atoms with E-state index >= 15 is 0 Å². The van der Waals surface area contributed by atoms with E-state index in [2.05, 4.69) is 15.6 Å². The van der Waals surface area contributed by atoms with E-state index in [1.165, 1.54) is 7.05 Å². The molecular formula is C22H21N3O4. The van der Waals surface area contributed by atoms with Gasteiger partial charge in [0, 0.05) is 42.3 Å². The minimum absolute atomic E-state index is 0.0889. The van der Waals surface area contributed by atoms with Gasteiger partial charge < -0.3 is 20.1 Å². The van der Waals surface area contributed by atoms with Crippen molar-refractivity contribution < 1.29 is 19.1 Å². The minimum atomic E-state index is -0.257. The molecule has 2 N–H and O–H groups in total. The summed E-state index contributed by atoms with van der Waals surface area (Å²) in [4.78, 5) is 27.8. The normalized spacial score (nSPS) is 10.1. The monoisotopic (exact) mass is 391 g/mol. The average Bonchev–Trinajstić information content (AvgIpc) is 2.77. The average molecular weight is 391 g/mol. The third-order valence-electron chi connectivity index (χ3n) is 3.99. The fourth-order valence-corrected chi connectivity index (χ4v) is 2.44. The number of hydrogen-bond acceptors (Lipinski definition) is 5. The van der Waals surface area contributed by atoms with E-state index in [1.54, 1.807) is 60.9 Å². The summed E-state index contributed by atoms with van der Waals surface area (Å²) in [6.45, 7) is 0.316. The number of nitrogens with zero attached hydrogens (tertiary/aromatic N) is 1. The first-order chi connectivity index (χ1) is 14.1. The summed E-state index contributed by atoms with van der Waals surface area (Å²) in [5.41, 5.74) is 2.03. The van der Waals surface area contributed by atoms with Gasteiger partial charge in [-0.2, -0.15) is 0 Å². The van der Waals surface area contributed by atoms with E-state index in [9.17, 15) is 9.59 Å². The molecule has 3 aromatic rings. The minimum Gasteiger partial charge on any atom is -0.489 e. The SMILES string of the molecule is CNC(=O)COc1cccc(NC(=O)c2ccc(OCc3cccnc3)cc2)c1. The number of carbonyl (C=O) groups is 2. The molecule has 1 aromatic heterocycles. The van der Waals surface area contributed by atoms with Gasteiger partial charge in [-0.3, -0.25) is 14.6 Å². The van der Waals surface area contributed by atoms with Crippen LogP contribution in [0.2, 0.25) is 0 Å². The third kappa shape index (κ3) is 6.07. The number of hydrogen-bond donors (Lipinski definition) is 2. The number of anilines is 1. The molecule has 0 unspecified atom stereocenters. The molecule has 0 spiro atoms. The second kappa shape index (κ2) is 9.89. The van der Waals surface area contributed by atoms with Gasteiger partial charge >= 0.3 is 0 Å². The first-order valence-corrected chi connectivity index (χ1v) is 9.00. The van der Waals surface area contributed by atoms with Gasteiger partial charge in [0.15, 0.2) is 6.61 Å². The van der Waals surface area contributed by atoms with Crippen LogP contribution in [0.15, 0.2) is 73.1 Å². The van der Waals surface area contributed by atoms with Crippen molar-refractivity contribution in [2.24, 2.45) is 0 Å². The lowest BCUT2D eigenvalue weighted by molar-refractivity contribution is -0.122. The zero-order valence-electron chi connectivity index (χ0n) is 15.9. The van der Waals surface area contributed by atoms with Gasteiger partial charge in [0.25, 0.3) is 11.8 Å². The van der Waals surface area contributed by atoms with Crippen LogP contribution in [-0.2, 0) is 11.4 Å². The molecule has 29 heavy (non-hydrogen) atoms. The Morgan fingerprint density at radius 3 is 2.52 bits per heavy atom. The molecule has 2 aromatic carbocycles. The Morgan fingerprint density at radius 2 is 1.79 bits per heavy atom. The van der Waals surface area contributed by atoms with Crippen LogP contribution in [-0.4, -0.2) is 30.5 Å². The smallest absolute Gasteiger partial charge is 0.257 e. The molecule has 3 rings (SSSR count). The number of nitrogens with one attached hydrogen (secondary N) is 2. The van der Waals surface area contributed by atoms with Crippen molar-refractivity contribution in [1.29, 1.82) is 0 Å². The summed E-state index contributed by atoms with van der Waals surface area (Å²) in [6, 6.07) is 17.5. The van der Waals surface area contributed by atoms with Crippen molar-refractivity contribution in [3.63, 3.8) is 0 Å². The maximum Gasteiger partial charge on any atom is 0.257 e. The number of rotatable bonds is 8. The largest absolute Gasteiger partial charge is 0.489 e. The highest BCUT2D eigenvalue weighted by molar-refractivity contribution is 6.04. The molecule has 0 aliphatic rings. The Bertz CT molecular complexity index is 959. The standard InChI is InChI=1S/C22H21N3O4/c1-23-21(26)15-29-20-6-2-5-18(12-20)25-22(27)17-7-9-19(10-8-17)28-14-16-4-3-11-24-13-16/h2-13H,14-15H2,1H3,(H,23,26)(H,25,27). The fourth-order valence-electron chi connectivity index (χ4n) is 2.44. The van der Waals surface area contributed by atoms with Gasteiger partial charge in [-0.05, 0) is 42.5 Å². The highest BCUT2D eigenvalue weighted by Gasteiger charge is 2.08. The van der Waals surface area contributed by atoms with E-state index < -0.39 is 0 Å². The summed E-state index contributed by atoms with van der Waals surface area (Å²) in [6.07, 6.45) is 3.45. The summed E-state index contributed by atoms with van der Waals surface area (Å²) in [5, 5.41) is 5.29. The summed E-state index contributed by atoms with van der Waals surface area (Å²) < 4.78 is 11.1. The van der Waals surface area contributed by atoms with Gasteiger partial charge in [0.05, 0.1) is 0 Å². The fraction of sp³-hybridized carbons (Fsp3) is 0.136. The quantitative estimate of drug-likeness (QED) is 0.616. The predicted octanol–water partition coefficient (Wildman–Crippen LogP) is 3.04. The number of aromatic nitrogens is 1. The van der Waals surface area contributed by atoms with Crippen LogP contribution in [0.3, 0.4) is 0 Å². The van der Waals surface area contributed by atoms with Crippen LogP contribution in [0.5, 0.6) is 11.5 Å². The molecule has 1 heterocycles. The van der Waals surface area contributed by atoms with Crippen LogP contribution in [0.1, 0.15) is 15.9 Å². The zero-order chi connectivity index (χ0) is 20.5. The number of pyridine rings is 1. The highest BCUT2D eigenvalue weighted by Crippen LogP contribution is 2.19. The summed E-state index contributed by atoms with van der Waals surface area (Å²) in [7, 11) is 1.54. The maximum atomic E-state index is 12.5. The highest BCUT2D eigenvalue weighted by atomic mass is 16.5. The summed E-state index contributed by atoms with van der Waals surface area (Å²) in [5.74, 6) is 0.665. The molecule has 0 aliphatic heterocycles. The van der Waals surface area contributed by atoms with Crippen LogP contribution in [0.25, 0.3) is 0 Å². The molecular weight excluding hydrogens is 370 g/mol. The lowest BCUT2D eigenvalue weighted by atomic mass is 10.2. The molecule has 0 saturated carbocycles. The Hall–Kier alpha value is -3.87. The second-order valence-corrected chi connectivity index (χ2v) is 6.12. The third-order valence-corrected chi connectivity index (χ3v) is 3.99. The molecule has 0 fully saturated rings. The number of carbonyl (C=O) groups excluding carboxylic acids is 2. The molecule has 7 nitrogen and oxygen atoms in total. The van der Waals surface area contributed by atoms with Crippen LogP contribution in [0, 0.1) is 0 Å². The number of ether oxygens (including phenoxy) is 2. The van der Waals surface area contributed by atoms with Gasteiger partial charge in [-0.25, -0.2) is 0 Å². The van der Waals surface area contributed by atoms with Gasteiger partial charge in [-0.1, -0.05) is 12.1 Å². The Morgan fingerprint density at radius 1 is 0.966 bits per heavy atom. The number of amides is 2. The van der Waals surface area contributed by atoms with Crippen molar-refractivity contribution in [2.45, 2.75) is 6.61 Å². The summed E-state index contributed by atoms with van der Waals surface area (Å²) >= 11 is 0. The molecule has 0 aliphatic carbocycles. The van der Waals surface area contributed by atoms with E-state index in [1.807, 2.05) is 12.1 Å². The van der Waals surface area contributed by atoms with E-state index in [0.29, 0.717) is 29.4 Å². The van der Waals surface area contributed by atoms with Crippen LogP contribution in [0.4, 0.5) is 5.69 Å². The Kier molecular flexibility index (Phi) is 6.78. The lowest BCUT2D eigenvalue weighted by Crippen LogP contribution is -2.24. The number of likely N-dealkylation sites (N-methyl/N-ethyl adjacent to an activating group) is 1. The lowest BCUT2D eigenvalue weighted by Gasteiger charge is -2.10. The first kappa shape index (κ1) is 19.9. The van der Waals surface area contributed by atoms with Crippen molar-refractivity contribution in [3.8, 4) is 11.5 Å². The molecule has 0 bridgehead atoms. The molecule has 148 valence electrons. The van der Waals surface area contributed by atoms with Crippen molar-refractivity contribution in [1.82, 2.24) is 10.3 Å². The van der Waals surface area contributed by atoms with Gasteiger partial charge in [0.2, 0.25) is 0 Å². The topological polar surface area (TPSA) is 89.6 Å². The Balaban J connectivity index is 1.56. The van der Waals surface area contributed by atoms with E-state index in [4.69, 9.17) is 9.47 Å². The predicted molar refractivity (Wildman–Crippen MR) is 109 cm³/mol. The molecule has 0 saturated heterocycles. The van der Waals surface area contributed by atoms with Crippen LogP contribution >= 0.6 is 0 Å². The first-order valence-electron chi connectivity index (χ1n) is 9.00. The molecule has 2 amide bonds. The van der Waals surface area contributed by atoms with Gasteiger partial charge in [0.1, 0.15) is 18.1 Å². The maximum absolute atomic E-state index is 12.5. The van der Waals surface area contributed by atoms with Crippen molar-refractivity contribution in [2.75, 3.05) is 19.0 Å². The van der Waals surface area contributed by atoms with E-state index in [0.717, 1.165) is 5.56 Å². The molecule has 0 atom stereocenters. The van der Waals surface area contributed by atoms with Gasteiger partial charge in [-0.15, -0.1) is 0 Å². The number of benzene rings is 2. The van der Waals surface area contributed by atoms with Crippen LogP contribution < -0.4 is 20.1 Å². The van der Waals surface area contributed by atoms with Crippen molar-refractivity contribution in [3.05, 3.63) is 84.2 Å². The Labute approximate surface area is 168 Å². The molecule has 0 radical (unpaired) electrons.